The lowest BCUT2D eigenvalue weighted by atomic mass is 10.2. The van der Waals surface area contributed by atoms with E-state index in [0.29, 0.717) is 0 Å². The first-order chi connectivity index (χ1) is 8.90. The maximum atomic E-state index is 5.46. The lowest BCUT2D eigenvalue weighted by Gasteiger charge is -1.99. The van der Waals surface area contributed by atoms with Crippen molar-refractivity contribution in [2.45, 2.75) is 32.2 Å². The predicted molar refractivity (Wildman–Crippen MR) is 70.8 cm³/mol. The van der Waals surface area contributed by atoms with Gasteiger partial charge in [-0.05, 0) is 31.5 Å². The molecule has 0 saturated carbocycles. The lowest BCUT2D eigenvalue weighted by Crippen LogP contribution is -2.00. The minimum absolute atomic E-state index is 0.786. The van der Waals surface area contributed by atoms with Crippen molar-refractivity contribution >= 4 is 0 Å². The zero-order valence-corrected chi connectivity index (χ0v) is 10.5. The molecule has 0 radical (unpaired) electrons. The number of nitrogens with zero attached hydrogens (tertiary/aromatic N) is 4. The second-order valence-corrected chi connectivity index (χ2v) is 4.31. The summed E-state index contributed by atoms with van der Waals surface area (Å²) in [6.07, 6.45) is 10.1. The van der Waals surface area contributed by atoms with Crippen LogP contribution in [-0.4, -0.2) is 26.5 Å². The Morgan fingerprint density at radius 2 is 2.06 bits per heavy atom. The number of pyridine rings is 1. The fourth-order valence-corrected chi connectivity index (χ4v) is 1.83. The van der Waals surface area contributed by atoms with Crippen molar-refractivity contribution < 1.29 is 0 Å². The highest BCUT2D eigenvalue weighted by Gasteiger charge is 2.03. The van der Waals surface area contributed by atoms with Crippen LogP contribution in [0.4, 0.5) is 0 Å². The van der Waals surface area contributed by atoms with Crippen LogP contribution < -0.4 is 5.73 Å². The van der Waals surface area contributed by atoms with Gasteiger partial charge in [-0.3, -0.25) is 9.67 Å². The van der Waals surface area contributed by atoms with E-state index in [-0.39, 0.29) is 0 Å². The van der Waals surface area contributed by atoms with Gasteiger partial charge < -0.3 is 5.73 Å². The third kappa shape index (κ3) is 3.63. The Morgan fingerprint density at radius 3 is 2.83 bits per heavy atom. The van der Waals surface area contributed by atoms with Crippen LogP contribution in [0.3, 0.4) is 0 Å². The normalized spacial score (nSPS) is 10.7. The molecule has 96 valence electrons. The number of unbranched alkanes of at least 4 members (excludes halogenated alkanes) is 3. The molecule has 0 saturated heterocycles. The number of rotatable bonds is 7. The van der Waals surface area contributed by atoms with Crippen LogP contribution in [0.25, 0.3) is 11.3 Å². The molecular weight excluding hydrogens is 226 g/mol. The maximum absolute atomic E-state index is 5.46. The molecule has 18 heavy (non-hydrogen) atoms. The molecule has 0 amide bonds. The van der Waals surface area contributed by atoms with E-state index >= 15 is 0 Å². The average Bonchev–Trinajstić information content (AvgIpc) is 2.88. The molecule has 0 unspecified atom stereocenters. The summed E-state index contributed by atoms with van der Waals surface area (Å²) in [6.45, 7) is 1.70. The fourth-order valence-electron chi connectivity index (χ4n) is 1.83. The van der Waals surface area contributed by atoms with Gasteiger partial charge in [-0.1, -0.05) is 18.1 Å². The summed E-state index contributed by atoms with van der Waals surface area (Å²) in [5.74, 6) is 0. The summed E-state index contributed by atoms with van der Waals surface area (Å²) in [6, 6.07) is 3.89. The predicted octanol–water partition coefficient (Wildman–Crippen LogP) is 1.86. The van der Waals surface area contributed by atoms with Crippen molar-refractivity contribution in [2.75, 3.05) is 6.54 Å². The molecule has 2 aromatic rings. The Morgan fingerprint density at radius 1 is 1.17 bits per heavy atom. The molecular formula is C13H19N5. The number of hydrogen-bond donors (Lipinski definition) is 1. The van der Waals surface area contributed by atoms with Crippen molar-refractivity contribution in [3.63, 3.8) is 0 Å². The number of hydrogen-bond acceptors (Lipinski definition) is 4. The summed E-state index contributed by atoms with van der Waals surface area (Å²) in [4.78, 5) is 4.08. The molecule has 2 heterocycles. The molecule has 0 fully saturated rings. The molecule has 0 aliphatic rings. The van der Waals surface area contributed by atoms with Crippen molar-refractivity contribution in [3.8, 4) is 11.3 Å². The summed E-state index contributed by atoms with van der Waals surface area (Å²) in [5.41, 5.74) is 7.34. The van der Waals surface area contributed by atoms with Crippen molar-refractivity contribution in [3.05, 3.63) is 30.7 Å². The van der Waals surface area contributed by atoms with Crippen molar-refractivity contribution in [1.82, 2.24) is 20.0 Å². The SMILES string of the molecule is NCCCCCCn1cc(-c2cccnc2)nn1. The van der Waals surface area contributed by atoms with Crippen LogP contribution in [0.15, 0.2) is 30.7 Å². The Labute approximate surface area is 107 Å². The zero-order valence-electron chi connectivity index (χ0n) is 10.5. The topological polar surface area (TPSA) is 69.6 Å². The summed E-state index contributed by atoms with van der Waals surface area (Å²) >= 11 is 0. The molecule has 0 aliphatic heterocycles. The molecule has 0 aromatic carbocycles. The highest BCUT2D eigenvalue weighted by molar-refractivity contribution is 5.55. The average molecular weight is 245 g/mol. The van der Waals surface area contributed by atoms with Gasteiger partial charge in [-0.25, -0.2) is 0 Å². The smallest absolute Gasteiger partial charge is 0.114 e. The largest absolute Gasteiger partial charge is 0.330 e. The molecule has 5 nitrogen and oxygen atoms in total. The molecule has 0 atom stereocenters. The van der Waals surface area contributed by atoms with E-state index in [9.17, 15) is 0 Å². The van der Waals surface area contributed by atoms with E-state index in [1.807, 2.05) is 23.0 Å². The molecule has 2 rings (SSSR count). The van der Waals surface area contributed by atoms with Crippen molar-refractivity contribution in [1.29, 1.82) is 0 Å². The van der Waals surface area contributed by atoms with E-state index < -0.39 is 0 Å². The third-order valence-corrected chi connectivity index (χ3v) is 2.84. The van der Waals surface area contributed by atoms with Crippen LogP contribution in [0.1, 0.15) is 25.7 Å². The van der Waals surface area contributed by atoms with Crippen LogP contribution in [0.5, 0.6) is 0 Å². The molecule has 0 bridgehead atoms. The Bertz CT molecular complexity index is 451. The molecule has 0 spiro atoms. The first kappa shape index (κ1) is 12.7. The standard InChI is InChI=1S/C13H19N5/c14-7-3-1-2-4-9-18-11-13(16-17-18)12-6-5-8-15-10-12/h5-6,8,10-11H,1-4,7,9,14H2. The fraction of sp³-hybridized carbons (Fsp3) is 0.462. The Balaban J connectivity index is 1.83. The van der Waals surface area contributed by atoms with E-state index in [1.165, 1.54) is 12.8 Å². The zero-order chi connectivity index (χ0) is 12.6. The Kier molecular flexibility index (Phi) is 4.84. The van der Waals surface area contributed by atoms with Gasteiger partial charge in [0.15, 0.2) is 0 Å². The minimum atomic E-state index is 0.786. The highest BCUT2D eigenvalue weighted by atomic mass is 15.4. The van der Waals surface area contributed by atoms with Crippen LogP contribution >= 0.6 is 0 Å². The van der Waals surface area contributed by atoms with Gasteiger partial charge in [0.1, 0.15) is 5.69 Å². The van der Waals surface area contributed by atoms with E-state index in [1.54, 1.807) is 12.4 Å². The first-order valence-electron chi connectivity index (χ1n) is 6.41. The number of nitrogens with two attached hydrogens (primary N) is 1. The van der Waals surface area contributed by atoms with Gasteiger partial charge in [0.2, 0.25) is 0 Å². The minimum Gasteiger partial charge on any atom is -0.330 e. The monoisotopic (exact) mass is 245 g/mol. The van der Waals surface area contributed by atoms with Gasteiger partial charge in [-0.15, -0.1) is 5.10 Å². The van der Waals surface area contributed by atoms with Crippen LogP contribution in [-0.2, 0) is 6.54 Å². The summed E-state index contributed by atoms with van der Waals surface area (Å²) < 4.78 is 1.89. The first-order valence-corrected chi connectivity index (χ1v) is 6.41. The highest BCUT2D eigenvalue weighted by Crippen LogP contribution is 2.13. The quantitative estimate of drug-likeness (QED) is 0.756. The van der Waals surface area contributed by atoms with Gasteiger partial charge >= 0.3 is 0 Å². The molecule has 2 aromatic heterocycles. The molecule has 0 aliphatic carbocycles. The van der Waals surface area contributed by atoms with Gasteiger partial charge in [-0.2, -0.15) is 0 Å². The van der Waals surface area contributed by atoms with Gasteiger partial charge in [0.25, 0.3) is 0 Å². The summed E-state index contributed by atoms with van der Waals surface area (Å²) in [7, 11) is 0. The van der Waals surface area contributed by atoms with Gasteiger partial charge in [0, 0.05) is 24.5 Å². The van der Waals surface area contributed by atoms with E-state index in [4.69, 9.17) is 5.73 Å². The third-order valence-electron chi connectivity index (χ3n) is 2.84. The second-order valence-electron chi connectivity index (χ2n) is 4.31. The number of aryl methyl sites for hydroxylation is 1. The van der Waals surface area contributed by atoms with Crippen LogP contribution in [0.2, 0.25) is 0 Å². The van der Waals surface area contributed by atoms with E-state index in [0.717, 1.165) is 37.2 Å². The van der Waals surface area contributed by atoms with Crippen LogP contribution in [0, 0.1) is 0 Å². The second kappa shape index (κ2) is 6.86. The van der Waals surface area contributed by atoms with Gasteiger partial charge in [0.05, 0.1) is 6.20 Å². The van der Waals surface area contributed by atoms with Crippen molar-refractivity contribution in [2.24, 2.45) is 5.73 Å². The Hall–Kier alpha value is -1.75. The summed E-state index contributed by atoms with van der Waals surface area (Å²) in [5, 5.41) is 8.28. The van der Waals surface area contributed by atoms with E-state index in [2.05, 4.69) is 15.3 Å². The number of aromatic nitrogens is 4. The molecule has 2 N–H and O–H groups in total. The lowest BCUT2D eigenvalue weighted by molar-refractivity contribution is 0.524. The molecule has 5 heteroatoms. The maximum Gasteiger partial charge on any atom is 0.114 e.